The van der Waals surface area contributed by atoms with E-state index in [0.29, 0.717) is 11.5 Å². The molecule has 1 saturated carbocycles. The van der Waals surface area contributed by atoms with Gasteiger partial charge < -0.3 is 5.73 Å². The van der Waals surface area contributed by atoms with E-state index in [4.69, 9.17) is 9.85 Å². The first-order chi connectivity index (χ1) is 6.11. The molecule has 1 aliphatic rings. The lowest BCUT2D eigenvalue weighted by Gasteiger charge is -1.99. The third-order valence-electron chi connectivity index (χ3n) is 1.70. The molecule has 0 bridgehead atoms. The van der Waals surface area contributed by atoms with E-state index in [9.17, 15) is 0 Å². The Morgan fingerprint density at radius 2 is 2.50 bits per heavy atom. The number of anilines is 1. The Hall–Kier alpha value is -1.05. The molecule has 0 radical (unpaired) electrons. The van der Waals surface area contributed by atoms with Gasteiger partial charge in [-0.15, -0.1) is 0 Å². The van der Waals surface area contributed by atoms with Crippen molar-refractivity contribution in [3.63, 3.8) is 0 Å². The number of nitrogens with zero attached hydrogens (tertiary/aromatic N) is 1. The van der Waals surface area contributed by atoms with E-state index < -0.39 is 0 Å². The van der Waals surface area contributed by atoms with Gasteiger partial charge in [-0.3, -0.25) is 4.98 Å². The fourth-order valence-corrected chi connectivity index (χ4v) is 0.998. The first kappa shape index (κ1) is 3.37. The highest BCUT2D eigenvalue weighted by Crippen LogP contribution is 2.41. The van der Waals surface area contributed by atoms with Crippen molar-refractivity contribution in [2.45, 2.75) is 18.8 Å². The first-order valence-corrected chi connectivity index (χ1v) is 3.34. The van der Waals surface area contributed by atoms with E-state index in [1.54, 1.807) is 0 Å². The minimum absolute atomic E-state index is 0.0668. The van der Waals surface area contributed by atoms with Crippen LogP contribution in [0, 0.1) is 0 Å². The number of hydrogen-bond acceptors (Lipinski definition) is 2. The zero-order chi connectivity index (χ0) is 9.59. The highest BCUT2D eigenvalue weighted by Gasteiger charge is 2.24. The molecule has 2 rings (SSSR count). The summed E-state index contributed by atoms with van der Waals surface area (Å²) in [5.74, 6) is 0.295. The number of aromatic nitrogens is 1. The second kappa shape index (κ2) is 1.97. The van der Waals surface area contributed by atoms with Gasteiger partial charge in [0.15, 0.2) is 0 Å². The summed E-state index contributed by atoms with van der Waals surface area (Å²) in [4.78, 5) is 3.56. The van der Waals surface area contributed by atoms with E-state index in [1.165, 1.54) is 0 Å². The molecule has 0 spiro atoms. The zero-order valence-corrected chi connectivity index (χ0v) is 5.52. The smallest absolute Gasteiger partial charge is 0.0862 e. The van der Waals surface area contributed by atoms with Crippen LogP contribution in [0.5, 0.6) is 0 Å². The van der Waals surface area contributed by atoms with Crippen molar-refractivity contribution in [1.82, 2.24) is 4.98 Å². The van der Waals surface area contributed by atoms with Crippen molar-refractivity contribution in [2.75, 3.05) is 5.73 Å². The van der Waals surface area contributed by atoms with Crippen LogP contribution in [-0.2, 0) is 0 Å². The Kier molecular flexibility index (Phi) is 0.666. The molecule has 0 saturated heterocycles. The van der Waals surface area contributed by atoms with Crippen LogP contribution in [0.3, 0.4) is 0 Å². The molecule has 1 fully saturated rings. The fourth-order valence-electron chi connectivity index (χ4n) is 0.998. The predicted molar refractivity (Wildman–Crippen MR) is 40.6 cm³/mol. The Bertz CT molecular complexity index is 335. The summed E-state index contributed by atoms with van der Waals surface area (Å²) in [6.45, 7) is 0. The average Bonchev–Trinajstić information content (AvgIpc) is 2.85. The van der Waals surface area contributed by atoms with Gasteiger partial charge in [0.25, 0.3) is 0 Å². The number of pyridine rings is 1. The standard InChI is InChI=1S/C8H10N2/c9-8-5-10-4-3-7(8)6-1-2-6/h3-6H,1-2,9H2/i3D,4D,5D. The molecule has 1 aromatic heterocycles. The molecule has 1 heterocycles. The van der Waals surface area contributed by atoms with Gasteiger partial charge >= 0.3 is 0 Å². The maximum atomic E-state index is 7.59. The van der Waals surface area contributed by atoms with Crippen LogP contribution in [0.15, 0.2) is 18.4 Å². The summed E-state index contributed by atoms with van der Waals surface area (Å²) in [5.41, 5.74) is 6.58. The number of nitrogens with two attached hydrogens (primary N) is 1. The van der Waals surface area contributed by atoms with Crippen molar-refractivity contribution >= 4 is 5.69 Å². The molecule has 1 aromatic rings. The summed E-state index contributed by atoms with van der Waals surface area (Å²) in [6.07, 6.45) is 1.82. The Labute approximate surface area is 64.3 Å². The van der Waals surface area contributed by atoms with E-state index in [1.807, 2.05) is 0 Å². The monoisotopic (exact) mass is 137 g/mol. The fraction of sp³-hybridized carbons (Fsp3) is 0.375. The van der Waals surface area contributed by atoms with Crippen LogP contribution in [0.2, 0.25) is 0 Å². The topological polar surface area (TPSA) is 38.9 Å². The van der Waals surface area contributed by atoms with Gasteiger partial charge in [-0.2, -0.15) is 0 Å². The van der Waals surface area contributed by atoms with Crippen LogP contribution < -0.4 is 5.73 Å². The van der Waals surface area contributed by atoms with Gasteiger partial charge in [-0.1, -0.05) is 0 Å². The number of hydrogen-bond donors (Lipinski definition) is 1. The summed E-state index contributed by atoms with van der Waals surface area (Å²) in [6, 6.07) is 0.0935. The van der Waals surface area contributed by atoms with Crippen LogP contribution in [0.1, 0.15) is 28.4 Å². The van der Waals surface area contributed by atoms with Gasteiger partial charge in [-0.05, 0) is 30.4 Å². The Morgan fingerprint density at radius 3 is 3.20 bits per heavy atom. The quantitative estimate of drug-likeness (QED) is 0.637. The van der Waals surface area contributed by atoms with Crippen molar-refractivity contribution in [2.24, 2.45) is 0 Å². The molecule has 2 heteroatoms. The SMILES string of the molecule is [2H]c1nc([2H])c(N)c(C2CC2)c1[2H]. The second-order valence-electron chi connectivity index (χ2n) is 2.56. The zero-order valence-electron chi connectivity index (χ0n) is 8.52. The van der Waals surface area contributed by atoms with Crippen molar-refractivity contribution < 1.29 is 4.11 Å². The van der Waals surface area contributed by atoms with Crippen LogP contribution >= 0.6 is 0 Å². The molecule has 0 aromatic carbocycles. The Balaban J connectivity index is 2.62. The minimum Gasteiger partial charge on any atom is -0.397 e. The maximum Gasteiger partial charge on any atom is 0.0862 e. The Morgan fingerprint density at radius 1 is 1.70 bits per heavy atom. The van der Waals surface area contributed by atoms with Gasteiger partial charge in [0.2, 0.25) is 0 Å². The van der Waals surface area contributed by atoms with E-state index in [0.717, 1.165) is 12.8 Å². The molecule has 1 aliphatic carbocycles. The minimum atomic E-state index is -0.138. The lowest BCUT2D eigenvalue weighted by molar-refractivity contribution is 1.11. The van der Waals surface area contributed by atoms with Crippen molar-refractivity contribution in [3.8, 4) is 0 Å². The molecule has 52 valence electrons. The molecule has 0 unspecified atom stereocenters. The van der Waals surface area contributed by atoms with Gasteiger partial charge in [0, 0.05) is 6.17 Å². The second-order valence-corrected chi connectivity index (χ2v) is 2.56. The van der Waals surface area contributed by atoms with E-state index in [2.05, 4.69) is 4.98 Å². The van der Waals surface area contributed by atoms with E-state index in [-0.39, 0.29) is 24.1 Å². The molecule has 0 amide bonds. The summed E-state index contributed by atoms with van der Waals surface area (Å²) in [5, 5.41) is 0. The molecule has 0 atom stereocenters. The number of rotatable bonds is 1. The molecule has 2 N–H and O–H groups in total. The van der Waals surface area contributed by atoms with Crippen molar-refractivity contribution in [3.05, 3.63) is 24.0 Å². The summed E-state index contributed by atoms with van der Waals surface area (Å²) in [7, 11) is 0. The third kappa shape index (κ3) is 0.856. The lowest BCUT2D eigenvalue weighted by Crippen LogP contribution is -1.92. The molecule has 2 nitrogen and oxygen atoms in total. The van der Waals surface area contributed by atoms with Gasteiger partial charge in [0.1, 0.15) is 0 Å². The van der Waals surface area contributed by atoms with Crippen LogP contribution in [0.4, 0.5) is 5.69 Å². The lowest BCUT2D eigenvalue weighted by atomic mass is 10.1. The largest absolute Gasteiger partial charge is 0.397 e. The summed E-state index contributed by atoms with van der Waals surface area (Å²) >= 11 is 0. The predicted octanol–water partition coefficient (Wildman–Crippen LogP) is 1.54. The van der Waals surface area contributed by atoms with E-state index >= 15 is 0 Å². The van der Waals surface area contributed by atoms with Crippen LogP contribution in [-0.4, -0.2) is 4.98 Å². The molecule has 0 aliphatic heterocycles. The molecular formula is C8H10N2. The average molecular weight is 137 g/mol. The number of nitrogen functional groups attached to an aromatic ring is 1. The maximum absolute atomic E-state index is 7.59. The summed E-state index contributed by atoms with van der Waals surface area (Å²) < 4.78 is 22.3. The van der Waals surface area contributed by atoms with Gasteiger partial charge in [0.05, 0.1) is 16.0 Å². The van der Waals surface area contributed by atoms with Gasteiger partial charge in [-0.25, -0.2) is 0 Å². The van der Waals surface area contributed by atoms with Crippen LogP contribution in [0.25, 0.3) is 0 Å². The van der Waals surface area contributed by atoms with Crippen molar-refractivity contribution in [1.29, 1.82) is 0 Å². The normalized spacial score (nSPS) is 21.4. The molecule has 10 heavy (non-hydrogen) atoms. The highest BCUT2D eigenvalue weighted by atomic mass is 14.7. The first-order valence-electron chi connectivity index (χ1n) is 4.84. The molecular weight excluding hydrogens is 124 g/mol. The third-order valence-corrected chi connectivity index (χ3v) is 1.70. The highest BCUT2D eigenvalue weighted by molar-refractivity contribution is 5.47.